The second-order valence-corrected chi connectivity index (χ2v) is 5.74. The Morgan fingerprint density at radius 2 is 2.19 bits per heavy atom. The summed E-state index contributed by atoms with van der Waals surface area (Å²) in [5, 5.41) is 3.52. The van der Waals surface area contributed by atoms with Crippen molar-refractivity contribution in [2.24, 2.45) is 0 Å². The summed E-state index contributed by atoms with van der Waals surface area (Å²) < 4.78 is 0. The fourth-order valence-electron chi connectivity index (χ4n) is 2.93. The molecule has 1 fully saturated rings. The van der Waals surface area contributed by atoms with Crippen molar-refractivity contribution < 1.29 is 0 Å². The normalized spacial score (nSPS) is 19.4. The van der Waals surface area contributed by atoms with Crippen LogP contribution in [0.4, 0.5) is 5.82 Å². The van der Waals surface area contributed by atoms with E-state index in [4.69, 9.17) is 0 Å². The highest BCUT2D eigenvalue weighted by molar-refractivity contribution is 5.33. The molecule has 1 atom stereocenters. The third kappa shape index (κ3) is 3.79. The smallest absolute Gasteiger partial charge is 0.129 e. The minimum Gasteiger partial charge on any atom is -0.366 e. The highest BCUT2D eigenvalue weighted by Gasteiger charge is 2.20. The van der Waals surface area contributed by atoms with Crippen LogP contribution in [-0.2, 0) is 6.54 Å². The molecule has 1 aromatic heterocycles. The number of aromatic nitrogens is 2. The van der Waals surface area contributed by atoms with Crippen molar-refractivity contribution in [3.05, 3.63) is 54.0 Å². The fourth-order valence-corrected chi connectivity index (χ4v) is 2.93. The van der Waals surface area contributed by atoms with Crippen molar-refractivity contribution in [1.82, 2.24) is 14.9 Å². The first kappa shape index (κ1) is 14.0. The van der Waals surface area contributed by atoms with E-state index >= 15 is 0 Å². The van der Waals surface area contributed by atoms with Crippen LogP contribution in [0.25, 0.3) is 0 Å². The molecule has 0 amide bonds. The fraction of sp³-hybridized carbons (Fsp3) is 0.412. The Kier molecular flexibility index (Phi) is 4.46. The van der Waals surface area contributed by atoms with Crippen LogP contribution in [0.1, 0.15) is 24.0 Å². The molecule has 110 valence electrons. The van der Waals surface area contributed by atoms with Gasteiger partial charge in [-0.15, -0.1) is 0 Å². The van der Waals surface area contributed by atoms with E-state index in [9.17, 15) is 0 Å². The molecular formula is C17H22N4. The van der Waals surface area contributed by atoms with Crippen LogP contribution in [-0.4, -0.2) is 34.0 Å². The van der Waals surface area contributed by atoms with Gasteiger partial charge in [-0.25, -0.2) is 9.97 Å². The van der Waals surface area contributed by atoms with Crippen LogP contribution in [0.5, 0.6) is 0 Å². The lowest BCUT2D eigenvalue weighted by Crippen LogP contribution is -2.41. The van der Waals surface area contributed by atoms with E-state index < -0.39 is 0 Å². The summed E-state index contributed by atoms with van der Waals surface area (Å²) in [4.78, 5) is 10.7. The predicted molar refractivity (Wildman–Crippen MR) is 85.1 cm³/mol. The van der Waals surface area contributed by atoms with Gasteiger partial charge in [-0.2, -0.15) is 0 Å². The summed E-state index contributed by atoms with van der Waals surface area (Å²) in [6, 6.07) is 11.1. The van der Waals surface area contributed by atoms with Crippen LogP contribution >= 0.6 is 0 Å². The van der Waals surface area contributed by atoms with E-state index in [0.29, 0.717) is 6.04 Å². The van der Waals surface area contributed by atoms with Gasteiger partial charge in [0.1, 0.15) is 12.1 Å². The van der Waals surface area contributed by atoms with Gasteiger partial charge in [0.15, 0.2) is 0 Å². The summed E-state index contributed by atoms with van der Waals surface area (Å²) in [6.45, 7) is 5.47. The van der Waals surface area contributed by atoms with Gasteiger partial charge in [-0.1, -0.05) is 24.3 Å². The van der Waals surface area contributed by atoms with Crippen molar-refractivity contribution in [2.75, 3.05) is 18.4 Å². The van der Waals surface area contributed by atoms with Crippen molar-refractivity contribution >= 4 is 5.82 Å². The number of hydrogen-bond donors (Lipinski definition) is 1. The minimum atomic E-state index is 0.470. The number of nitrogens with zero attached hydrogens (tertiary/aromatic N) is 3. The number of rotatable bonds is 4. The maximum Gasteiger partial charge on any atom is 0.129 e. The number of aryl methyl sites for hydroxylation is 1. The summed E-state index contributed by atoms with van der Waals surface area (Å²) >= 11 is 0. The molecule has 0 saturated carbocycles. The first-order valence-electron chi connectivity index (χ1n) is 7.60. The van der Waals surface area contributed by atoms with E-state index in [1.165, 1.54) is 30.5 Å². The third-order valence-corrected chi connectivity index (χ3v) is 4.09. The van der Waals surface area contributed by atoms with Crippen molar-refractivity contribution in [3.8, 4) is 0 Å². The number of hydrogen-bond acceptors (Lipinski definition) is 4. The molecule has 1 unspecified atom stereocenters. The van der Waals surface area contributed by atoms with Gasteiger partial charge in [-0.05, 0) is 43.5 Å². The van der Waals surface area contributed by atoms with E-state index in [0.717, 1.165) is 18.9 Å². The summed E-state index contributed by atoms with van der Waals surface area (Å²) in [7, 11) is 0. The lowest BCUT2D eigenvalue weighted by Gasteiger charge is -2.33. The summed E-state index contributed by atoms with van der Waals surface area (Å²) in [5.41, 5.74) is 2.81. The molecule has 3 rings (SSSR count). The summed E-state index contributed by atoms with van der Waals surface area (Å²) in [6.07, 6.45) is 5.81. The molecule has 1 aromatic carbocycles. The Morgan fingerprint density at radius 3 is 3.00 bits per heavy atom. The second-order valence-electron chi connectivity index (χ2n) is 5.74. The highest BCUT2D eigenvalue weighted by atomic mass is 15.2. The molecule has 1 saturated heterocycles. The van der Waals surface area contributed by atoms with Crippen molar-refractivity contribution in [3.63, 3.8) is 0 Å². The van der Waals surface area contributed by atoms with Crippen molar-refractivity contribution in [1.29, 1.82) is 0 Å². The molecule has 1 aliphatic rings. The first-order valence-corrected chi connectivity index (χ1v) is 7.60. The Balaban J connectivity index is 1.60. The largest absolute Gasteiger partial charge is 0.366 e. The number of benzene rings is 1. The Bertz CT molecular complexity index is 570. The lowest BCUT2D eigenvalue weighted by atomic mass is 10.0. The molecule has 2 aromatic rings. The molecule has 0 aliphatic carbocycles. The topological polar surface area (TPSA) is 41.0 Å². The van der Waals surface area contributed by atoms with Crippen LogP contribution in [0.3, 0.4) is 0 Å². The average molecular weight is 282 g/mol. The zero-order valence-corrected chi connectivity index (χ0v) is 12.5. The average Bonchev–Trinajstić information content (AvgIpc) is 2.51. The van der Waals surface area contributed by atoms with Crippen LogP contribution < -0.4 is 5.32 Å². The summed E-state index contributed by atoms with van der Waals surface area (Å²) in [5.74, 6) is 0.924. The molecule has 21 heavy (non-hydrogen) atoms. The molecule has 0 bridgehead atoms. The second kappa shape index (κ2) is 6.68. The van der Waals surface area contributed by atoms with E-state index in [2.05, 4.69) is 51.4 Å². The Hall–Kier alpha value is -1.94. The quantitative estimate of drug-likeness (QED) is 0.936. The Morgan fingerprint density at radius 1 is 1.29 bits per heavy atom. The van der Waals surface area contributed by atoms with Crippen LogP contribution in [0.15, 0.2) is 42.9 Å². The standard InChI is InChI=1S/C17H22N4/c1-14-5-2-3-6-15(14)11-21-10-4-7-16(12-21)20-17-8-9-18-13-19-17/h2-3,5-6,8-9,13,16H,4,7,10-12H2,1H3,(H,18,19,20). The SMILES string of the molecule is Cc1ccccc1CN1CCCC(Nc2ccncn2)C1. The van der Waals surface area contributed by atoms with Gasteiger partial charge in [0, 0.05) is 25.3 Å². The molecule has 0 spiro atoms. The van der Waals surface area contributed by atoms with E-state index in [1.54, 1.807) is 12.5 Å². The molecule has 1 N–H and O–H groups in total. The maximum atomic E-state index is 4.26. The molecule has 1 aliphatic heterocycles. The number of piperidine rings is 1. The molecular weight excluding hydrogens is 260 g/mol. The monoisotopic (exact) mass is 282 g/mol. The zero-order valence-electron chi connectivity index (χ0n) is 12.5. The predicted octanol–water partition coefficient (Wildman–Crippen LogP) is 2.86. The molecule has 2 heterocycles. The van der Waals surface area contributed by atoms with Gasteiger partial charge in [0.05, 0.1) is 0 Å². The Labute approximate surface area is 126 Å². The highest BCUT2D eigenvalue weighted by Crippen LogP contribution is 2.18. The third-order valence-electron chi connectivity index (χ3n) is 4.09. The van der Waals surface area contributed by atoms with Gasteiger partial charge in [0.25, 0.3) is 0 Å². The van der Waals surface area contributed by atoms with Crippen LogP contribution in [0.2, 0.25) is 0 Å². The zero-order chi connectivity index (χ0) is 14.5. The maximum absolute atomic E-state index is 4.26. The molecule has 4 heteroatoms. The van der Waals surface area contributed by atoms with Gasteiger partial charge in [0.2, 0.25) is 0 Å². The number of nitrogens with one attached hydrogen (secondary N) is 1. The number of anilines is 1. The molecule has 4 nitrogen and oxygen atoms in total. The minimum absolute atomic E-state index is 0.470. The number of likely N-dealkylation sites (tertiary alicyclic amines) is 1. The van der Waals surface area contributed by atoms with Crippen LogP contribution in [0, 0.1) is 6.92 Å². The first-order chi connectivity index (χ1) is 10.3. The van der Waals surface area contributed by atoms with E-state index in [1.807, 2.05) is 6.07 Å². The van der Waals surface area contributed by atoms with Gasteiger partial charge in [-0.3, -0.25) is 4.90 Å². The van der Waals surface area contributed by atoms with E-state index in [-0.39, 0.29) is 0 Å². The van der Waals surface area contributed by atoms with Gasteiger partial charge < -0.3 is 5.32 Å². The van der Waals surface area contributed by atoms with Crippen molar-refractivity contribution in [2.45, 2.75) is 32.4 Å². The van der Waals surface area contributed by atoms with Gasteiger partial charge >= 0.3 is 0 Å². The molecule has 0 radical (unpaired) electrons. The lowest BCUT2D eigenvalue weighted by molar-refractivity contribution is 0.208.